The highest BCUT2D eigenvalue weighted by molar-refractivity contribution is 5.85. The fourth-order valence-corrected chi connectivity index (χ4v) is 7.07. The Kier molecular flexibility index (Phi) is 6.85. The Morgan fingerprint density at radius 2 is 1.82 bits per heavy atom. The SMILES string of the molecule is O=C(O)c1ccn(C(O)N2CCC3(CCCN3Cc3ccc(C(F)(F)F)cc3N3C4CCC3COC4)CC2)n1. The molecule has 4 aliphatic rings. The lowest BCUT2D eigenvalue weighted by atomic mass is 9.84. The minimum atomic E-state index is -4.40. The molecule has 4 saturated heterocycles. The maximum atomic E-state index is 13.7. The number of anilines is 1. The molecule has 2 bridgehead atoms. The summed E-state index contributed by atoms with van der Waals surface area (Å²) in [5, 5.41) is 23.9. The molecule has 1 aromatic carbocycles. The van der Waals surface area contributed by atoms with E-state index < -0.39 is 24.1 Å². The van der Waals surface area contributed by atoms with Crippen LogP contribution in [0.2, 0.25) is 0 Å². The number of carbonyl (C=O) groups is 1. The number of piperidine rings is 1. The first-order chi connectivity index (χ1) is 18.6. The molecule has 0 radical (unpaired) electrons. The number of rotatable bonds is 6. The van der Waals surface area contributed by atoms with Crippen LogP contribution >= 0.6 is 0 Å². The average Bonchev–Trinajstić information content (AvgIpc) is 3.61. The van der Waals surface area contributed by atoms with Gasteiger partial charge in [-0.2, -0.15) is 18.3 Å². The molecule has 3 atom stereocenters. The third-order valence-corrected chi connectivity index (χ3v) is 9.15. The van der Waals surface area contributed by atoms with E-state index in [1.54, 1.807) is 6.07 Å². The minimum absolute atomic E-state index is 0.0868. The molecule has 2 aromatic rings. The van der Waals surface area contributed by atoms with Gasteiger partial charge in [-0.25, -0.2) is 9.48 Å². The van der Waals surface area contributed by atoms with E-state index in [0.29, 0.717) is 38.5 Å². The molecule has 4 aliphatic heterocycles. The number of carboxylic acids is 1. The second-order valence-electron chi connectivity index (χ2n) is 11.3. The summed E-state index contributed by atoms with van der Waals surface area (Å²) in [6.07, 6.45) is 1.48. The number of aromatic carboxylic acids is 1. The number of likely N-dealkylation sites (tertiary alicyclic amines) is 2. The Hall–Kier alpha value is -2.67. The van der Waals surface area contributed by atoms with Crippen LogP contribution < -0.4 is 4.90 Å². The summed E-state index contributed by atoms with van der Waals surface area (Å²) < 4.78 is 48.1. The van der Waals surface area contributed by atoms with Crippen molar-refractivity contribution < 1.29 is 32.9 Å². The molecule has 9 nitrogen and oxygen atoms in total. The number of benzene rings is 1. The first kappa shape index (κ1) is 26.5. The van der Waals surface area contributed by atoms with Crippen molar-refractivity contribution in [3.63, 3.8) is 0 Å². The van der Waals surface area contributed by atoms with Crippen LogP contribution in [0.25, 0.3) is 0 Å². The van der Waals surface area contributed by atoms with E-state index in [2.05, 4.69) is 14.9 Å². The van der Waals surface area contributed by atoms with Gasteiger partial charge in [0.1, 0.15) is 0 Å². The summed E-state index contributed by atoms with van der Waals surface area (Å²) in [6.45, 7) is 3.75. The topological polar surface area (TPSA) is 94.3 Å². The Bertz CT molecular complexity index is 1200. The number of fused-ring (bicyclic) bond motifs is 2. The minimum Gasteiger partial charge on any atom is -0.476 e. The van der Waals surface area contributed by atoms with Crippen LogP contribution in [0.1, 0.15) is 66.5 Å². The van der Waals surface area contributed by atoms with Gasteiger partial charge in [-0.15, -0.1) is 0 Å². The zero-order valence-electron chi connectivity index (χ0n) is 21.7. The average molecular weight is 550 g/mol. The fraction of sp³-hybridized carbons (Fsp3) is 0.630. The van der Waals surface area contributed by atoms with Gasteiger partial charge in [0.2, 0.25) is 6.35 Å². The Morgan fingerprint density at radius 3 is 2.46 bits per heavy atom. The normalized spacial score (nSPS) is 26.4. The summed E-state index contributed by atoms with van der Waals surface area (Å²) in [6, 6.07) is 5.77. The van der Waals surface area contributed by atoms with Crippen LogP contribution in [-0.2, 0) is 17.5 Å². The number of hydrogen-bond donors (Lipinski definition) is 2. The summed E-state index contributed by atoms with van der Waals surface area (Å²) in [4.78, 5) is 17.7. The molecule has 6 rings (SSSR count). The second-order valence-corrected chi connectivity index (χ2v) is 11.3. The molecule has 3 unspecified atom stereocenters. The molecule has 5 heterocycles. The smallest absolute Gasteiger partial charge is 0.416 e. The zero-order valence-corrected chi connectivity index (χ0v) is 21.7. The molecule has 0 amide bonds. The van der Waals surface area contributed by atoms with Gasteiger partial charge < -0.3 is 19.8 Å². The lowest BCUT2D eigenvalue weighted by molar-refractivity contribution is -0.137. The quantitative estimate of drug-likeness (QED) is 0.565. The number of ether oxygens (including phenoxy) is 1. The first-order valence-corrected chi connectivity index (χ1v) is 13.7. The summed E-state index contributed by atoms with van der Waals surface area (Å²) in [5.41, 5.74) is 0.781. The maximum Gasteiger partial charge on any atom is 0.416 e. The van der Waals surface area contributed by atoms with Gasteiger partial charge in [-0.05, 0) is 68.8 Å². The number of nitrogens with zero attached hydrogens (tertiary/aromatic N) is 5. The van der Waals surface area contributed by atoms with E-state index in [9.17, 15) is 23.1 Å². The van der Waals surface area contributed by atoms with E-state index >= 15 is 0 Å². The van der Waals surface area contributed by atoms with Crippen LogP contribution in [-0.4, -0.2) is 86.2 Å². The van der Waals surface area contributed by atoms with Crippen LogP contribution in [0, 0.1) is 0 Å². The van der Waals surface area contributed by atoms with Crippen LogP contribution in [0.5, 0.6) is 0 Å². The molecule has 2 N–H and O–H groups in total. The molecule has 0 aliphatic carbocycles. The van der Waals surface area contributed by atoms with Gasteiger partial charge in [0.15, 0.2) is 5.69 Å². The van der Waals surface area contributed by atoms with Crippen molar-refractivity contribution in [3.05, 3.63) is 47.3 Å². The standard InChI is InChI=1S/C27H34F3N5O4/c28-27(29,30)19-3-2-18(23(14-19)35-20-4-5-21(35)17-39-16-20)15-33-10-1-7-26(33)8-12-32(13-9-26)25(38)34-11-6-22(31-34)24(36)37/h2-3,6,11,14,20-21,25,38H,1,4-5,7-10,12-13,15-17H2,(H,36,37). The van der Waals surface area contributed by atoms with Crippen molar-refractivity contribution in [2.45, 2.75) is 75.2 Å². The number of aromatic nitrogens is 2. The predicted octanol–water partition coefficient (Wildman–Crippen LogP) is 3.55. The molecular formula is C27H34F3N5O4. The number of aliphatic hydroxyl groups excluding tert-OH is 1. The summed E-state index contributed by atoms with van der Waals surface area (Å²) in [5.74, 6) is -1.15. The van der Waals surface area contributed by atoms with Crippen molar-refractivity contribution in [2.75, 3.05) is 37.7 Å². The third-order valence-electron chi connectivity index (χ3n) is 9.15. The molecule has 39 heavy (non-hydrogen) atoms. The van der Waals surface area contributed by atoms with Crippen molar-refractivity contribution in [3.8, 4) is 0 Å². The largest absolute Gasteiger partial charge is 0.476 e. The van der Waals surface area contributed by atoms with Crippen molar-refractivity contribution >= 4 is 11.7 Å². The van der Waals surface area contributed by atoms with E-state index in [1.165, 1.54) is 29.1 Å². The van der Waals surface area contributed by atoms with Gasteiger partial charge in [0.05, 0.1) is 30.9 Å². The number of halogens is 3. The van der Waals surface area contributed by atoms with Gasteiger partial charge in [-0.1, -0.05) is 6.07 Å². The van der Waals surface area contributed by atoms with Gasteiger partial charge in [-0.3, -0.25) is 9.80 Å². The number of morpholine rings is 1. The van der Waals surface area contributed by atoms with Crippen molar-refractivity contribution in [1.82, 2.24) is 19.6 Å². The molecule has 12 heteroatoms. The molecule has 212 valence electrons. The Balaban J connectivity index is 1.20. The van der Waals surface area contributed by atoms with E-state index in [-0.39, 0.29) is 23.3 Å². The van der Waals surface area contributed by atoms with Gasteiger partial charge in [0.25, 0.3) is 0 Å². The predicted molar refractivity (Wildman–Crippen MR) is 135 cm³/mol. The van der Waals surface area contributed by atoms with Crippen LogP contribution in [0.15, 0.2) is 30.5 Å². The number of aliphatic hydroxyl groups is 1. The van der Waals surface area contributed by atoms with E-state index in [4.69, 9.17) is 9.84 Å². The molecule has 0 saturated carbocycles. The van der Waals surface area contributed by atoms with E-state index in [1.807, 2.05) is 4.90 Å². The first-order valence-electron chi connectivity index (χ1n) is 13.7. The van der Waals surface area contributed by atoms with Crippen LogP contribution in [0.3, 0.4) is 0 Å². The molecular weight excluding hydrogens is 515 g/mol. The Labute approximate surface area is 224 Å². The highest BCUT2D eigenvalue weighted by Gasteiger charge is 2.45. The maximum absolute atomic E-state index is 13.7. The third kappa shape index (κ3) is 4.92. The highest BCUT2D eigenvalue weighted by atomic mass is 19.4. The number of carboxylic acid groups (broad SMARTS) is 1. The van der Waals surface area contributed by atoms with Gasteiger partial charge in [0, 0.05) is 37.1 Å². The fourth-order valence-electron chi connectivity index (χ4n) is 7.07. The monoisotopic (exact) mass is 549 g/mol. The lowest BCUT2D eigenvalue weighted by Crippen LogP contribution is -2.53. The lowest BCUT2D eigenvalue weighted by Gasteiger charge is -2.46. The highest BCUT2D eigenvalue weighted by Crippen LogP contribution is 2.44. The Morgan fingerprint density at radius 1 is 1.10 bits per heavy atom. The van der Waals surface area contributed by atoms with Crippen LogP contribution in [0.4, 0.5) is 18.9 Å². The van der Waals surface area contributed by atoms with Crippen molar-refractivity contribution in [1.29, 1.82) is 0 Å². The van der Waals surface area contributed by atoms with Gasteiger partial charge >= 0.3 is 12.1 Å². The number of alkyl halides is 3. The number of hydrogen-bond acceptors (Lipinski definition) is 7. The molecule has 1 aromatic heterocycles. The second kappa shape index (κ2) is 10.1. The van der Waals surface area contributed by atoms with Crippen molar-refractivity contribution in [2.24, 2.45) is 0 Å². The summed E-state index contributed by atoms with van der Waals surface area (Å²) in [7, 11) is 0. The van der Waals surface area contributed by atoms with E-state index in [0.717, 1.165) is 50.6 Å². The zero-order chi connectivity index (χ0) is 27.4. The summed E-state index contributed by atoms with van der Waals surface area (Å²) >= 11 is 0. The molecule has 4 fully saturated rings. The molecule has 1 spiro atoms.